The molecule has 0 aliphatic carbocycles. The van der Waals surface area contributed by atoms with Crippen LogP contribution in [0, 0.1) is 19.8 Å². The molecule has 1 aromatic heterocycles. The summed E-state index contributed by atoms with van der Waals surface area (Å²) in [5.41, 5.74) is 5.27. The largest absolute Gasteiger partial charge is 0.339 e. The molecular weight excluding hydrogens is 436 g/mol. The molecule has 2 aromatic carbocycles. The lowest BCUT2D eigenvalue weighted by Crippen LogP contribution is -2.57. The standard InChI is InChI=1S/C29H34N4O2/c1-21-18-22(2)33(30-21)19-24-8-10-25(11-9-24)29(35)31-16-15-27-26(20-31)12-13-28(34)32(27)17-14-23-6-4-3-5-7-23/h3-11,18,26-27H,12-17,19-20H2,1-2H3/t26-,27+/m0/s1. The molecule has 2 saturated heterocycles. The van der Waals surface area contributed by atoms with Gasteiger partial charge in [0.25, 0.3) is 5.91 Å². The number of hydrogen-bond acceptors (Lipinski definition) is 3. The van der Waals surface area contributed by atoms with E-state index in [4.69, 9.17) is 0 Å². The number of benzene rings is 2. The molecule has 0 unspecified atom stereocenters. The minimum Gasteiger partial charge on any atom is -0.339 e. The Balaban J connectivity index is 1.20. The lowest BCUT2D eigenvalue weighted by atomic mass is 9.83. The van der Waals surface area contributed by atoms with Crippen LogP contribution in [0.15, 0.2) is 60.7 Å². The van der Waals surface area contributed by atoms with Crippen molar-refractivity contribution in [3.05, 3.63) is 88.7 Å². The molecule has 0 radical (unpaired) electrons. The molecule has 0 bridgehead atoms. The lowest BCUT2D eigenvalue weighted by Gasteiger charge is -2.47. The molecule has 182 valence electrons. The number of hydrogen-bond donors (Lipinski definition) is 0. The van der Waals surface area contributed by atoms with E-state index in [1.807, 2.05) is 59.0 Å². The fourth-order valence-electron chi connectivity index (χ4n) is 5.66. The summed E-state index contributed by atoms with van der Waals surface area (Å²) in [6, 6.07) is 20.6. The SMILES string of the molecule is Cc1cc(C)n(Cc2ccc(C(=O)N3CC[C@@H]4[C@@H](CCC(=O)N4CCc4ccccc4)C3)cc2)n1. The first-order valence-corrected chi connectivity index (χ1v) is 12.7. The molecule has 2 aliphatic rings. The molecule has 3 aromatic rings. The highest BCUT2D eigenvalue weighted by Gasteiger charge is 2.40. The van der Waals surface area contributed by atoms with Gasteiger partial charge < -0.3 is 9.80 Å². The van der Waals surface area contributed by atoms with Gasteiger partial charge >= 0.3 is 0 Å². The number of rotatable bonds is 6. The number of amides is 2. The summed E-state index contributed by atoms with van der Waals surface area (Å²) >= 11 is 0. The first-order chi connectivity index (χ1) is 17.0. The quantitative estimate of drug-likeness (QED) is 0.541. The Bertz CT molecular complexity index is 1190. The van der Waals surface area contributed by atoms with Crippen LogP contribution in [0.5, 0.6) is 0 Å². The molecule has 2 atom stereocenters. The lowest BCUT2D eigenvalue weighted by molar-refractivity contribution is -0.140. The van der Waals surface area contributed by atoms with Crippen LogP contribution in [0.25, 0.3) is 0 Å². The molecule has 3 heterocycles. The molecule has 2 fully saturated rings. The van der Waals surface area contributed by atoms with Crippen molar-refractivity contribution in [2.24, 2.45) is 5.92 Å². The number of likely N-dealkylation sites (tertiary alicyclic amines) is 2. The highest BCUT2D eigenvalue weighted by atomic mass is 16.2. The predicted octanol–water partition coefficient (Wildman–Crippen LogP) is 4.24. The Hall–Kier alpha value is -3.41. The van der Waals surface area contributed by atoms with Gasteiger partial charge in [-0.15, -0.1) is 0 Å². The Kier molecular flexibility index (Phi) is 6.71. The molecule has 5 rings (SSSR count). The zero-order chi connectivity index (χ0) is 24.4. The number of carbonyl (C=O) groups is 2. The van der Waals surface area contributed by atoms with E-state index in [1.54, 1.807) is 0 Å². The van der Waals surface area contributed by atoms with Gasteiger partial charge in [0, 0.05) is 43.4 Å². The topological polar surface area (TPSA) is 58.4 Å². The normalized spacial score (nSPS) is 20.1. The van der Waals surface area contributed by atoms with Gasteiger partial charge in [0.05, 0.1) is 12.2 Å². The maximum atomic E-state index is 13.3. The third-order valence-corrected chi connectivity index (χ3v) is 7.55. The van der Waals surface area contributed by atoms with E-state index in [2.05, 4.69) is 35.1 Å². The number of aryl methyl sites for hydroxylation is 2. The first kappa shape index (κ1) is 23.3. The van der Waals surface area contributed by atoms with Gasteiger partial charge in [0.15, 0.2) is 0 Å². The summed E-state index contributed by atoms with van der Waals surface area (Å²) in [5.74, 6) is 0.709. The van der Waals surface area contributed by atoms with Crippen LogP contribution >= 0.6 is 0 Å². The van der Waals surface area contributed by atoms with Crippen LogP contribution in [0.3, 0.4) is 0 Å². The molecule has 0 N–H and O–H groups in total. The second-order valence-corrected chi connectivity index (χ2v) is 10.0. The van der Waals surface area contributed by atoms with Gasteiger partial charge in [-0.25, -0.2) is 0 Å². The highest BCUT2D eigenvalue weighted by Crippen LogP contribution is 2.32. The monoisotopic (exact) mass is 470 g/mol. The van der Waals surface area contributed by atoms with Gasteiger partial charge in [-0.1, -0.05) is 42.5 Å². The Morgan fingerprint density at radius 3 is 2.49 bits per heavy atom. The molecule has 0 spiro atoms. The molecule has 6 heteroatoms. The van der Waals surface area contributed by atoms with Crippen molar-refractivity contribution in [2.45, 2.75) is 52.1 Å². The van der Waals surface area contributed by atoms with Crippen molar-refractivity contribution in [3.8, 4) is 0 Å². The second-order valence-electron chi connectivity index (χ2n) is 10.0. The van der Waals surface area contributed by atoms with Crippen molar-refractivity contribution in [1.29, 1.82) is 0 Å². The molecule has 0 saturated carbocycles. The van der Waals surface area contributed by atoms with Crippen LogP contribution < -0.4 is 0 Å². The summed E-state index contributed by atoms with van der Waals surface area (Å²) in [5, 5.41) is 4.53. The van der Waals surface area contributed by atoms with E-state index in [-0.39, 0.29) is 17.9 Å². The van der Waals surface area contributed by atoms with Crippen molar-refractivity contribution in [3.63, 3.8) is 0 Å². The zero-order valence-corrected chi connectivity index (χ0v) is 20.7. The van der Waals surface area contributed by atoms with E-state index in [0.29, 0.717) is 25.4 Å². The van der Waals surface area contributed by atoms with E-state index in [9.17, 15) is 9.59 Å². The third kappa shape index (κ3) is 5.16. The number of carbonyl (C=O) groups excluding carboxylic acids is 2. The first-order valence-electron chi connectivity index (χ1n) is 12.7. The van der Waals surface area contributed by atoms with Gasteiger partial charge in [-0.2, -0.15) is 5.10 Å². The van der Waals surface area contributed by atoms with E-state index >= 15 is 0 Å². The van der Waals surface area contributed by atoms with Crippen molar-refractivity contribution in [1.82, 2.24) is 19.6 Å². The van der Waals surface area contributed by atoms with Crippen LogP contribution in [-0.2, 0) is 17.8 Å². The smallest absolute Gasteiger partial charge is 0.253 e. The van der Waals surface area contributed by atoms with Crippen LogP contribution in [0.2, 0.25) is 0 Å². The van der Waals surface area contributed by atoms with Crippen molar-refractivity contribution < 1.29 is 9.59 Å². The fourth-order valence-corrected chi connectivity index (χ4v) is 5.66. The minimum atomic E-state index is 0.0915. The average Bonchev–Trinajstić information content (AvgIpc) is 3.20. The maximum absolute atomic E-state index is 13.3. The number of aromatic nitrogens is 2. The molecule has 35 heavy (non-hydrogen) atoms. The number of piperidine rings is 2. The minimum absolute atomic E-state index is 0.0915. The summed E-state index contributed by atoms with van der Waals surface area (Å²) in [6.07, 6.45) is 3.19. The Labute approximate surface area is 207 Å². The third-order valence-electron chi connectivity index (χ3n) is 7.55. The van der Waals surface area contributed by atoms with Crippen molar-refractivity contribution >= 4 is 11.8 Å². The predicted molar refractivity (Wildman–Crippen MR) is 136 cm³/mol. The van der Waals surface area contributed by atoms with Gasteiger partial charge in [-0.05, 0) is 68.4 Å². The van der Waals surface area contributed by atoms with Crippen LogP contribution in [0.4, 0.5) is 0 Å². The van der Waals surface area contributed by atoms with Crippen LogP contribution in [0.1, 0.15) is 52.1 Å². The number of fused-ring (bicyclic) bond motifs is 1. The zero-order valence-electron chi connectivity index (χ0n) is 20.7. The fraction of sp³-hybridized carbons (Fsp3) is 0.414. The number of nitrogens with zero attached hydrogens (tertiary/aromatic N) is 4. The summed E-state index contributed by atoms with van der Waals surface area (Å²) in [7, 11) is 0. The maximum Gasteiger partial charge on any atom is 0.253 e. The van der Waals surface area contributed by atoms with Gasteiger partial charge in [0.1, 0.15) is 0 Å². The van der Waals surface area contributed by atoms with Gasteiger partial charge in [0.2, 0.25) is 5.91 Å². The summed E-state index contributed by atoms with van der Waals surface area (Å²) in [6.45, 7) is 6.94. The molecule has 2 aliphatic heterocycles. The molecule has 2 amide bonds. The molecule has 6 nitrogen and oxygen atoms in total. The van der Waals surface area contributed by atoms with Crippen molar-refractivity contribution in [2.75, 3.05) is 19.6 Å². The van der Waals surface area contributed by atoms with E-state index in [1.165, 1.54) is 5.56 Å². The van der Waals surface area contributed by atoms with E-state index < -0.39 is 0 Å². The Morgan fingerprint density at radius 2 is 1.77 bits per heavy atom. The summed E-state index contributed by atoms with van der Waals surface area (Å²) < 4.78 is 1.99. The van der Waals surface area contributed by atoms with Gasteiger partial charge in [-0.3, -0.25) is 14.3 Å². The Morgan fingerprint density at radius 1 is 1.00 bits per heavy atom. The second kappa shape index (κ2) is 10.1. The van der Waals surface area contributed by atoms with Crippen LogP contribution in [-0.4, -0.2) is 57.1 Å². The highest BCUT2D eigenvalue weighted by molar-refractivity contribution is 5.94. The molecular formula is C29H34N4O2. The average molecular weight is 471 g/mol. The summed E-state index contributed by atoms with van der Waals surface area (Å²) in [4.78, 5) is 30.1. The van der Waals surface area contributed by atoms with E-state index in [0.717, 1.165) is 54.9 Å².